The maximum Gasteiger partial charge on any atom is 0.312 e. The Kier molecular flexibility index (Phi) is 5.52. The number of methoxy groups -OCH3 is 2. The Morgan fingerprint density at radius 2 is 1.82 bits per heavy atom. The molecule has 3 heterocycles. The van der Waals surface area contributed by atoms with E-state index in [0.717, 1.165) is 10.9 Å². The summed E-state index contributed by atoms with van der Waals surface area (Å²) < 4.78 is 22.5. The predicted octanol–water partition coefficient (Wildman–Crippen LogP) is 4.91. The first-order chi connectivity index (χ1) is 18.4. The third-order valence-corrected chi connectivity index (χ3v) is 6.91. The summed E-state index contributed by atoms with van der Waals surface area (Å²) in [5.41, 5.74) is 3.23. The molecule has 1 atom stereocenters. The molecule has 3 aromatic carbocycles. The summed E-state index contributed by atoms with van der Waals surface area (Å²) in [6.45, 7) is 1.95. The molecule has 8 heteroatoms. The molecule has 190 valence electrons. The molecule has 1 unspecified atom stereocenters. The van der Waals surface area contributed by atoms with Crippen molar-refractivity contribution in [3.05, 3.63) is 98.5 Å². The molecule has 0 aliphatic carbocycles. The van der Waals surface area contributed by atoms with Crippen molar-refractivity contribution in [2.75, 3.05) is 14.2 Å². The van der Waals surface area contributed by atoms with Crippen LogP contribution in [-0.4, -0.2) is 31.0 Å². The van der Waals surface area contributed by atoms with E-state index >= 15 is 0 Å². The Labute approximate surface area is 217 Å². The van der Waals surface area contributed by atoms with E-state index in [1.54, 1.807) is 42.5 Å². The number of allylic oxidation sites excluding steroid dienone is 1. The monoisotopic (exact) mass is 509 g/mol. The Hall–Kier alpha value is -4.85. The standard InChI is InChI=1S/C30H23NO7/c1-15-7-8-16-12-20(30(34)31-21(16)11-15)19-14-25(32)37-22-10-9-18-27(33)24(38-29(18)26(19)22)13-17-5-4-6-23(35-2)28(17)36-3/h4-13,19H,14H2,1-3H3,(H,31,34). The molecule has 0 saturated carbocycles. The van der Waals surface area contributed by atoms with Crippen LogP contribution in [0.1, 0.15) is 45.0 Å². The molecule has 0 saturated heterocycles. The SMILES string of the molecule is COc1cccc(C=C2Oc3c(ccc4c3C(c3cc5ccc(C)cc5[nH]c3=O)CC(=O)O4)C2=O)c1OC. The molecule has 0 amide bonds. The third-order valence-electron chi connectivity index (χ3n) is 6.91. The molecular weight excluding hydrogens is 486 g/mol. The number of pyridine rings is 1. The molecule has 0 radical (unpaired) electrons. The second kappa shape index (κ2) is 8.92. The van der Waals surface area contributed by atoms with Crippen LogP contribution in [0, 0.1) is 6.92 Å². The largest absolute Gasteiger partial charge is 0.493 e. The predicted molar refractivity (Wildman–Crippen MR) is 140 cm³/mol. The van der Waals surface area contributed by atoms with E-state index in [9.17, 15) is 14.4 Å². The zero-order chi connectivity index (χ0) is 26.6. The van der Waals surface area contributed by atoms with Crippen molar-refractivity contribution in [1.29, 1.82) is 0 Å². The average molecular weight is 510 g/mol. The Balaban J connectivity index is 1.49. The number of carbonyl (C=O) groups is 2. The van der Waals surface area contributed by atoms with Crippen LogP contribution in [-0.2, 0) is 4.79 Å². The zero-order valence-electron chi connectivity index (χ0n) is 20.9. The number of Topliss-reactive ketones (excluding diaryl/α,β-unsaturated/α-hetero) is 1. The van der Waals surface area contributed by atoms with Gasteiger partial charge in [0.25, 0.3) is 5.56 Å². The number of benzene rings is 3. The minimum absolute atomic E-state index is 0.0653. The maximum atomic E-state index is 13.4. The van der Waals surface area contributed by atoms with Crippen molar-refractivity contribution >= 4 is 28.7 Å². The fourth-order valence-electron chi connectivity index (χ4n) is 5.13. The first-order valence-corrected chi connectivity index (χ1v) is 12.0. The summed E-state index contributed by atoms with van der Waals surface area (Å²) in [4.78, 5) is 42.1. The summed E-state index contributed by atoms with van der Waals surface area (Å²) >= 11 is 0. The lowest BCUT2D eigenvalue weighted by Gasteiger charge is -2.26. The fourth-order valence-corrected chi connectivity index (χ4v) is 5.13. The van der Waals surface area contributed by atoms with Gasteiger partial charge in [-0.2, -0.15) is 0 Å². The number of esters is 1. The number of carbonyl (C=O) groups excluding carboxylic acids is 2. The van der Waals surface area contributed by atoms with E-state index in [0.29, 0.717) is 39.3 Å². The second-order valence-electron chi connectivity index (χ2n) is 9.25. The summed E-state index contributed by atoms with van der Waals surface area (Å²) in [6, 6.07) is 16.0. The number of H-pyrrole nitrogens is 1. The van der Waals surface area contributed by atoms with Gasteiger partial charge in [-0.3, -0.25) is 14.4 Å². The number of hydrogen-bond acceptors (Lipinski definition) is 7. The summed E-state index contributed by atoms with van der Waals surface area (Å²) in [5, 5.41) is 0.834. The number of ether oxygens (including phenoxy) is 4. The van der Waals surface area contributed by atoms with Crippen molar-refractivity contribution < 1.29 is 28.5 Å². The molecule has 8 nitrogen and oxygen atoms in total. The van der Waals surface area contributed by atoms with Gasteiger partial charge in [0.15, 0.2) is 17.3 Å². The quantitative estimate of drug-likeness (QED) is 0.237. The molecule has 1 N–H and O–H groups in total. The van der Waals surface area contributed by atoms with E-state index in [1.807, 2.05) is 25.1 Å². The minimum Gasteiger partial charge on any atom is -0.493 e. The fraction of sp³-hybridized carbons (Fsp3) is 0.167. The van der Waals surface area contributed by atoms with E-state index < -0.39 is 11.9 Å². The topological polar surface area (TPSA) is 104 Å². The van der Waals surface area contributed by atoms with Crippen molar-refractivity contribution in [3.63, 3.8) is 0 Å². The van der Waals surface area contributed by atoms with E-state index in [-0.39, 0.29) is 35.0 Å². The lowest BCUT2D eigenvalue weighted by atomic mass is 9.84. The summed E-state index contributed by atoms with van der Waals surface area (Å²) in [5.74, 6) is 0.149. The average Bonchev–Trinajstić information content (AvgIpc) is 3.22. The van der Waals surface area contributed by atoms with Gasteiger partial charge in [-0.25, -0.2) is 0 Å². The van der Waals surface area contributed by atoms with Crippen LogP contribution < -0.4 is 24.5 Å². The van der Waals surface area contributed by atoms with Crippen LogP contribution in [0.3, 0.4) is 0 Å². The molecular formula is C30H23NO7. The Morgan fingerprint density at radius 1 is 0.974 bits per heavy atom. The van der Waals surface area contributed by atoms with Gasteiger partial charge in [0.2, 0.25) is 5.78 Å². The number of nitrogens with one attached hydrogen (secondary N) is 1. The molecule has 0 spiro atoms. The number of fused-ring (bicyclic) bond motifs is 4. The number of rotatable bonds is 4. The van der Waals surface area contributed by atoms with Crippen LogP contribution in [0.15, 0.2) is 65.2 Å². The zero-order valence-corrected chi connectivity index (χ0v) is 20.9. The number of aromatic amines is 1. The van der Waals surface area contributed by atoms with Gasteiger partial charge in [0.1, 0.15) is 11.5 Å². The maximum absolute atomic E-state index is 13.4. The first-order valence-electron chi connectivity index (χ1n) is 12.0. The molecule has 0 fully saturated rings. The van der Waals surface area contributed by atoms with Gasteiger partial charge in [-0.1, -0.05) is 24.3 Å². The molecule has 0 bridgehead atoms. The van der Waals surface area contributed by atoms with E-state index in [4.69, 9.17) is 18.9 Å². The normalized spacial score (nSPS) is 17.1. The first kappa shape index (κ1) is 23.5. The minimum atomic E-state index is -0.658. The van der Waals surface area contributed by atoms with Crippen LogP contribution in [0.25, 0.3) is 17.0 Å². The van der Waals surface area contributed by atoms with Crippen molar-refractivity contribution in [3.8, 4) is 23.0 Å². The highest BCUT2D eigenvalue weighted by molar-refractivity contribution is 6.15. The van der Waals surface area contributed by atoms with Crippen LogP contribution in [0.5, 0.6) is 23.0 Å². The molecule has 2 aliphatic heterocycles. The van der Waals surface area contributed by atoms with Crippen LogP contribution in [0.2, 0.25) is 0 Å². The third kappa shape index (κ3) is 3.73. The lowest BCUT2D eigenvalue weighted by Crippen LogP contribution is -2.26. The van der Waals surface area contributed by atoms with Crippen molar-refractivity contribution in [1.82, 2.24) is 4.98 Å². The summed E-state index contributed by atoms with van der Waals surface area (Å²) in [6.07, 6.45) is 1.52. The number of para-hydroxylation sites is 1. The molecule has 38 heavy (non-hydrogen) atoms. The smallest absolute Gasteiger partial charge is 0.312 e. The van der Waals surface area contributed by atoms with Gasteiger partial charge in [-0.05, 0) is 54.3 Å². The molecule has 4 aromatic rings. The molecule has 1 aromatic heterocycles. The lowest BCUT2D eigenvalue weighted by molar-refractivity contribution is -0.135. The van der Waals surface area contributed by atoms with Gasteiger partial charge in [-0.15, -0.1) is 0 Å². The van der Waals surface area contributed by atoms with Crippen LogP contribution in [0.4, 0.5) is 0 Å². The van der Waals surface area contributed by atoms with Crippen molar-refractivity contribution in [2.24, 2.45) is 0 Å². The van der Waals surface area contributed by atoms with Gasteiger partial charge in [0, 0.05) is 28.1 Å². The number of aromatic nitrogens is 1. The van der Waals surface area contributed by atoms with E-state index in [1.165, 1.54) is 14.2 Å². The number of hydrogen-bond donors (Lipinski definition) is 1. The van der Waals surface area contributed by atoms with Crippen LogP contribution >= 0.6 is 0 Å². The highest BCUT2D eigenvalue weighted by Gasteiger charge is 2.39. The summed E-state index contributed by atoms with van der Waals surface area (Å²) in [7, 11) is 3.05. The van der Waals surface area contributed by atoms with Gasteiger partial charge in [0.05, 0.1) is 26.2 Å². The number of ketones is 1. The van der Waals surface area contributed by atoms with Crippen molar-refractivity contribution in [2.45, 2.75) is 19.3 Å². The van der Waals surface area contributed by atoms with Gasteiger partial charge < -0.3 is 23.9 Å². The Bertz CT molecular complexity index is 1750. The Morgan fingerprint density at radius 3 is 2.61 bits per heavy atom. The second-order valence-corrected chi connectivity index (χ2v) is 9.25. The molecule has 6 rings (SSSR count). The highest BCUT2D eigenvalue weighted by Crippen LogP contribution is 2.49. The molecule has 2 aliphatic rings. The van der Waals surface area contributed by atoms with Gasteiger partial charge >= 0.3 is 5.97 Å². The number of aryl methyl sites for hydroxylation is 1. The highest BCUT2D eigenvalue weighted by atomic mass is 16.5. The van der Waals surface area contributed by atoms with E-state index in [2.05, 4.69) is 4.98 Å².